The normalized spacial score (nSPS) is 24.8. The SMILES string of the molecule is O=C(NCCc1ccccc1)[C@@H]1[C@@H](c2nc3ccccc3c(=O)[nH]2)[C@H]2C=C[C@@H]1C2. The van der Waals surface area contributed by atoms with Crippen LogP contribution in [-0.4, -0.2) is 22.4 Å². The summed E-state index contributed by atoms with van der Waals surface area (Å²) >= 11 is 0. The highest BCUT2D eigenvalue weighted by atomic mass is 16.2. The van der Waals surface area contributed by atoms with Gasteiger partial charge in [0.05, 0.1) is 16.8 Å². The summed E-state index contributed by atoms with van der Waals surface area (Å²) in [6.07, 6.45) is 6.08. The molecule has 4 atom stereocenters. The minimum absolute atomic E-state index is 0.0542. The van der Waals surface area contributed by atoms with Crippen molar-refractivity contribution < 1.29 is 4.79 Å². The molecule has 1 fully saturated rings. The molecule has 5 nitrogen and oxygen atoms in total. The number of nitrogens with one attached hydrogen (secondary N) is 2. The molecule has 2 N–H and O–H groups in total. The maximum absolute atomic E-state index is 13.1. The zero-order chi connectivity index (χ0) is 19.8. The second-order valence-electron chi connectivity index (χ2n) is 7.99. The number of carbonyl (C=O) groups excluding carboxylic acids is 1. The van der Waals surface area contributed by atoms with Crippen LogP contribution in [-0.2, 0) is 11.2 Å². The lowest BCUT2D eigenvalue weighted by Crippen LogP contribution is -2.38. The van der Waals surface area contributed by atoms with Crippen LogP contribution < -0.4 is 10.9 Å². The Bertz CT molecular complexity index is 1140. The first-order valence-corrected chi connectivity index (χ1v) is 10.2. The second-order valence-corrected chi connectivity index (χ2v) is 7.99. The highest BCUT2D eigenvalue weighted by Gasteiger charge is 2.49. The van der Waals surface area contributed by atoms with Gasteiger partial charge in [-0.15, -0.1) is 0 Å². The largest absolute Gasteiger partial charge is 0.355 e. The Hall–Kier alpha value is -3.21. The Morgan fingerprint density at radius 2 is 1.79 bits per heavy atom. The first-order valence-electron chi connectivity index (χ1n) is 10.2. The molecule has 1 amide bonds. The van der Waals surface area contributed by atoms with Gasteiger partial charge in [0.25, 0.3) is 5.56 Å². The molecule has 2 aliphatic carbocycles. The molecule has 146 valence electrons. The highest BCUT2D eigenvalue weighted by molar-refractivity contribution is 5.82. The number of hydrogen-bond acceptors (Lipinski definition) is 3. The van der Waals surface area contributed by atoms with Crippen LogP contribution in [0.15, 0.2) is 71.5 Å². The van der Waals surface area contributed by atoms with E-state index in [-0.39, 0.29) is 35.1 Å². The van der Waals surface area contributed by atoms with Crippen molar-refractivity contribution in [2.24, 2.45) is 17.8 Å². The Labute approximate surface area is 168 Å². The Kier molecular flexibility index (Phi) is 4.51. The molecule has 0 aliphatic heterocycles. The lowest BCUT2D eigenvalue weighted by atomic mass is 9.81. The first-order chi connectivity index (χ1) is 14.2. The van der Waals surface area contributed by atoms with Crippen LogP contribution in [0.3, 0.4) is 0 Å². The number of para-hydroxylation sites is 1. The summed E-state index contributed by atoms with van der Waals surface area (Å²) < 4.78 is 0. The summed E-state index contributed by atoms with van der Waals surface area (Å²) in [6, 6.07) is 17.5. The van der Waals surface area contributed by atoms with Gasteiger partial charge < -0.3 is 10.3 Å². The molecule has 0 radical (unpaired) electrons. The number of aromatic amines is 1. The van der Waals surface area contributed by atoms with Gasteiger partial charge in [-0.05, 0) is 42.4 Å². The van der Waals surface area contributed by atoms with Gasteiger partial charge in [0.15, 0.2) is 0 Å². The van der Waals surface area contributed by atoms with Crippen molar-refractivity contribution in [3.05, 3.63) is 88.5 Å². The van der Waals surface area contributed by atoms with Gasteiger partial charge in [-0.2, -0.15) is 0 Å². The molecular weight excluding hydrogens is 362 g/mol. The fraction of sp³-hybridized carbons (Fsp3) is 0.292. The summed E-state index contributed by atoms with van der Waals surface area (Å²) in [6.45, 7) is 0.606. The lowest BCUT2D eigenvalue weighted by molar-refractivity contribution is -0.126. The third kappa shape index (κ3) is 3.27. The van der Waals surface area contributed by atoms with Crippen LogP contribution in [0.2, 0.25) is 0 Å². The average molecular weight is 385 g/mol. The molecule has 0 unspecified atom stereocenters. The monoisotopic (exact) mass is 385 g/mol. The summed E-state index contributed by atoms with van der Waals surface area (Å²) in [5.41, 5.74) is 1.75. The van der Waals surface area contributed by atoms with Crippen LogP contribution in [0, 0.1) is 17.8 Å². The van der Waals surface area contributed by atoms with Crippen molar-refractivity contribution in [2.75, 3.05) is 6.54 Å². The average Bonchev–Trinajstić information content (AvgIpc) is 3.36. The van der Waals surface area contributed by atoms with Gasteiger partial charge in [0, 0.05) is 12.5 Å². The van der Waals surface area contributed by atoms with E-state index >= 15 is 0 Å². The van der Waals surface area contributed by atoms with Crippen LogP contribution >= 0.6 is 0 Å². The van der Waals surface area contributed by atoms with Crippen molar-refractivity contribution in [3.8, 4) is 0 Å². The second kappa shape index (κ2) is 7.32. The third-order valence-electron chi connectivity index (χ3n) is 6.26. The molecule has 1 aromatic heterocycles. The van der Waals surface area contributed by atoms with E-state index in [1.54, 1.807) is 6.07 Å². The summed E-state index contributed by atoms with van der Waals surface area (Å²) in [7, 11) is 0. The van der Waals surface area contributed by atoms with Gasteiger partial charge in [-0.1, -0.05) is 54.6 Å². The number of allylic oxidation sites excluding steroid dienone is 2. The van der Waals surface area contributed by atoms with E-state index in [0.717, 1.165) is 12.8 Å². The van der Waals surface area contributed by atoms with Crippen molar-refractivity contribution in [3.63, 3.8) is 0 Å². The maximum Gasteiger partial charge on any atom is 0.258 e. The standard InChI is InChI=1S/C24H23N3O2/c28-23-18-8-4-5-9-19(18)26-22(27-23)20-16-10-11-17(14-16)21(20)24(29)25-13-12-15-6-2-1-3-7-15/h1-11,16-17,20-21H,12-14H2,(H,25,29)(H,26,27,28)/t16-,17+,20-,21-/m0/s1. The van der Waals surface area contributed by atoms with E-state index in [1.165, 1.54) is 5.56 Å². The zero-order valence-electron chi connectivity index (χ0n) is 16.0. The molecule has 5 heteroatoms. The first kappa shape index (κ1) is 17.9. The van der Waals surface area contributed by atoms with Crippen LogP contribution in [0.4, 0.5) is 0 Å². The number of fused-ring (bicyclic) bond motifs is 3. The summed E-state index contributed by atoms with van der Waals surface area (Å²) in [5, 5.41) is 3.70. The van der Waals surface area contributed by atoms with E-state index in [0.29, 0.717) is 23.3 Å². The van der Waals surface area contributed by atoms with Crippen molar-refractivity contribution in [1.82, 2.24) is 15.3 Å². The van der Waals surface area contributed by atoms with E-state index in [2.05, 4.69) is 34.6 Å². The maximum atomic E-state index is 13.1. The quantitative estimate of drug-likeness (QED) is 0.663. The molecule has 0 spiro atoms. The van der Waals surface area contributed by atoms with E-state index < -0.39 is 0 Å². The number of rotatable bonds is 5. The van der Waals surface area contributed by atoms with Gasteiger partial charge in [-0.25, -0.2) is 4.98 Å². The number of amides is 1. The van der Waals surface area contributed by atoms with Crippen LogP contribution in [0.1, 0.15) is 23.7 Å². The van der Waals surface area contributed by atoms with Gasteiger partial charge in [0.2, 0.25) is 5.91 Å². The number of carbonyl (C=O) groups is 1. The fourth-order valence-electron chi connectivity index (χ4n) is 4.91. The Morgan fingerprint density at radius 1 is 1.03 bits per heavy atom. The molecule has 2 bridgehead atoms. The molecule has 0 saturated heterocycles. The van der Waals surface area contributed by atoms with Crippen molar-refractivity contribution in [2.45, 2.75) is 18.8 Å². The Balaban J connectivity index is 1.38. The molecule has 2 aliphatic rings. The number of H-pyrrole nitrogens is 1. The molecule has 1 saturated carbocycles. The summed E-state index contributed by atoms with van der Waals surface area (Å²) in [4.78, 5) is 33.3. The molecule has 1 heterocycles. The molecular formula is C24H23N3O2. The zero-order valence-corrected chi connectivity index (χ0v) is 16.0. The van der Waals surface area contributed by atoms with E-state index in [9.17, 15) is 9.59 Å². The van der Waals surface area contributed by atoms with Gasteiger partial charge >= 0.3 is 0 Å². The summed E-state index contributed by atoms with van der Waals surface area (Å²) in [5.74, 6) is 0.865. The number of nitrogens with zero attached hydrogens (tertiary/aromatic N) is 1. The van der Waals surface area contributed by atoms with E-state index in [4.69, 9.17) is 4.98 Å². The Morgan fingerprint density at radius 3 is 2.66 bits per heavy atom. The fourth-order valence-corrected chi connectivity index (χ4v) is 4.91. The lowest BCUT2D eigenvalue weighted by Gasteiger charge is -2.26. The number of aromatic nitrogens is 2. The minimum Gasteiger partial charge on any atom is -0.355 e. The minimum atomic E-state index is -0.190. The third-order valence-corrected chi connectivity index (χ3v) is 6.26. The van der Waals surface area contributed by atoms with E-state index in [1.807, 2.05) is 36.4 Å². The molecule has 5 rings (SSSR count). The topological polar surface area (TPSA) is 74.8 Å². The van der Waals surface area contributed by atoms with Crippen LogP contribution in [0.25, 0.3) is 10.9 Å². The number of hydrogen-bond donors (Lipinski definition) is 2. The smallest absolute Gasteiger partial charge is 0.258 e. The number of benzene rings is 2. The van der Waals surface area contributed by atoms with Crippen molar-refractivity contribution in [1.29, 1.82) is 0 Å². The molecule has 29 heavy (non-hydrogen) atoms. The molecule has 3 aromatic rings. The predicted octanol–water partition coefficient (Wildman–Crippen LogP) is 3.19. The van der Waals surface area contributed by atoms with Crippen LogP contribution in [0.5, 0.6) is 0 Å². The highest BCUT2D eigenvalue weighted by Crippen LogP contribution is 2.52. The van der Waals surface area contributed by atoms with Gasteiger partial charge in [0.1, 0.15) is 5.82 Å². The van der Waals surface area contributed by atoms with Crippen molar-refractivity contribution >= 4 is 16.8 Å². The predicted molar refractivity (Wildman–Crippen MR) is 112 cm³/mol. The van der Waals surface area contributed by atoms with Gasteiger partial charge in [-0.3, -0.25) is 9.59 Å². The molecule has 2 aromatic carbocycles.